The molecular weight excluding hydrogens is 318 g/mol. The number of pyridine rings is 1. The number of carbonyl (C=O) groups excluding carboxylic acids is 1. The van der Waals surface area contributed by atoms with Crippen molar-refractivity contribution in [3.8, 4) is 0 Å². The van der Waals surface area contributed by atoms with E-state index in [1.165, 1.54) is 0 Å². The van der Waals surface area contributed by atoms with Gasteiger partial charge in [0.15, 0.2) is 0 Å². The second-order valence-electron chi connectivity index (χ2n) is 6.12. The first-order valence-electron chi connectivity index (χ1n) is 8.14. The van der Waals surface area contributed by atoms with Gasteiger partial charge in [-0.1, -0.05) is 0 Å². The molecule has 1 aromatic carbocycles. The lowest BCUT2D eigenvalue weighted by molar-refractivity contribution is 0.0940. The standard InChI is InChI=1S/C18H17N5O2/c24-17(12-3-4-16-13(8-12)9-20-22-18(16)25)21-14-5-7-23(11-14)15-2-1-6-19-10-15/h1-4,6,8-10,14H,5,7,11H2,(H,21,24)(H,22,25). The number of aromatic amines is 1. The Bertz CT molecular complexity index is 970. The van der Waals surface area contributed by atoms with Gasteiger partial charge in [0.05, 0.1) is 23.5 Å². The van der Waals surface area contributed by atoms with E-state index in [4.69, 9.17) is 0 Å². The molecule has 4 rings (SSSR count). The number of amides is 1. The van der Waals surface area contributed by atoms with Crippen LogP contribution in [0.4, 0.5) is 5.69 Å². The van der Waals surface area contributed by atoms with E-state index < -0.39 is 0 Å². The molecule has 1 amide bonds. The average molecular weight is 335 g/mol. The van der Waals surface area contributed by atoms with Crippen molar-refractivity contribution in [3.05, 3.63) is 64.8 Å². The lowest BCUT2D eigenvalue weighted by Crippen LogP contribution is -2.37. The molecule has 1 saturated heterocycles. The molecule has 1 atom stereocenters. The second-order valence-corrected chi connectivity index (χ2v) is 6.12. The smallest absolute Gasteiger partial charge is 0.272 e. The molecule has 7 nitrogen and oxygen atoms in total. The highest BCUT2D eigenvalue weighted by molar-refractivity contribution is 5.98. The quantitative estimate of drug-likeness (QED) is 0.753. The van der Waals surface area contributed by atoms with Gasteiger partial charge < -0.3 is 10.2 Å². The molecule has 1 aliphatic rings. The third-order valence-electron chi connectivity index (χ3n) is 4.46. The molecule has 0 saturated carbocycles. The third-order valence-corrected chi connectivity index (χ3v) is 4.46. The van der Waals surface area contributed by atoms with Gasteiger partial charge in [0.25, 0.3) is 11.5 Å². The number of aromatic nitrogens is 3. The molecule has 7 heteroatoms. The van der Waals surface area contributed by atoms with Crippen molar-refractivity contribution in [3.63, 3.8) is 0 Å². The lowest BCUT2D eigenvalue weighted by Gasteiger charge is -2.18. The summed E-state index contributed by atoms with van der Waals surface area (Å²) in [6.45, 7) is 1.64. The van der Waals surface area contributed by atoms with Crippen molar-refractivity contribution in [2.24, 2.45) is 0 Å². The first-order chi connectivity index (χ1) is 12.2. The predicted molar refractivity (Wildman–Crippen MR) is 94.7 cm³/mol. The van der Waals surface area contributed by atoms with Crippen molar-refractivity contribution in [1.82, 2.24) is 20.5 Å². The summed E-state index contributed by atoms with van der Waals surface area (Å²) in [5, 5.41) is 10.4. The van der Waals surface area contributed by atoms with Crippen molar-refractivity contribution in [2.75, 3.05) is 18.0 Å². The van der Waals surface area contributed by atoms with E-state index >= 15 is 0 Å². The normalized spacial score (nSPS) is 17.0. The zero-order valence-corrected chi connectivity index (χ0v) is 13.5. The summed E-state index contributed by atoms with van der Waals surface area (Å²) in [4.78, 5) is 30.6. The molecule has 0 spiro atoms. The van der Waals surface area contributed by atoms with Crippen LogP contribution >= 0.6 is 0 Å². The average Bonchev–Trinajstić information content (AvgIpc) is 3.11. The van der Waals surface area contributed by atoms with E-state index in [0.717, 1.165) is 25.2 Å². The van der Waals surface area contributed by atoms with Gasteiger partial charge >= 0.3 is 0 Å². The van der Waals surface area contributed by atoms with Crippen LogP contribution in [0.2, 0.25) is 0 Å². The summed E-state index contributed by atoms with van der Waals surface area (Å²) in [5.74, 6) is -0.139. The van der Waals surface area contributed by atoms with Crippen LogP contribution in [0.1, 0.15) is 16.8 Å². The van der Waals surface area contributed by atoms with Crippen LogP contribution in [0, 0.1) is 0 Å². The number of benzene rings is 1. The van der Waals surface area contributed by atoms with Gasteiger partial charge in [-0.15, -0.1) is 0 Å². The van der Waals surface area contributed by atoms with Crippen molar-refractivity contribution >= 4 is 22.4 Å². The fourth-order valence-corrected chi connectivity index (χ4v) is 3.16. The predicted octanol–water partition coefficient (Wildman–Crippen LogP) is 1.33. The van der Waals surface area contributed by atoms with Crippen molar-refractivity contribution in [1.29, 1.82) is 0 Å². The molecule has 0 aliphatic carbocycles. The molecule has 1 aliphatic heterocycles. The van der Waals surface area contributed by atoms with E-state index in [0.29, 0.717) is 16.3 Å². The number of carbonyl (C=O) groups is 1. The zero-order valence-electron chi connectivity index (χ0n) is 13.5. The van der Waals surface area contributed by atoms with Gasteiger partial charge in [0, 0.05) is 36.3 Å². The van der Waals surface area contributed by atoms with Crippen LogP contribution in [0.25, 0.3) is 10.8 Å². The van der Waals surface area contributed by atoms with Crippen LogP contribution in [0.5, 0.6) is 0 Å². The van der Waals surface area contributed by atoms with Crippen LogP contribution in [-0.2, 0) is 0 Å². The minimum Gasteiger partial charge on any atom is -0.368 e. The third kappa shape index (κ3) is 3.08. The van der Waals surface area contributed by atoms with E-state index in [2.05, 4.69) is 25.4 Å². The molecular formula is C18H17N5O2. The molecule has 2 aromatic heterocycles. The number of hydrogen-bond donors (Lipinski definition) is 2. The molecule has 0 bridgehead atoms. The number of hydrogen-bond acceptors (Lipinski definition) is 5. The maximum absolute atomic E-state index is 12.5. The fraction of sp³-hybridized carbons (Fsp3) is 0.222. The molecule has 1 unspecified atom stereocenters. The summed E-state index contributed by atoms with van der Waals surface area (Å²) in [6.07, 6.45) is 6.01. The Kier molecular flexibility index (Phi) is 3.89. The van der Waals surface area contributed by atoms with E-state index in [9.17, 15) is 9.59 Å². The Labute approximate surface area is 143 Å². The fourth-order valence-electron chi connectivity index (χ4n) is 3.16. The number of rotatable bonds is 3. The first-order valence-corrected chi connectivity index (χ1v) is 8.14. The molecule has 126 valence electrons. The van der Waals surface area contributed by atoms with E-state index in [1.807, 2.05) is 18.3 Å². The highest BCUT2D eigenvalue weighted by atomic mass is 16.1. The minimum atomic E-state index is -0.257. The lowest BCUT2D eigenvalue weighted by atomic mass is 10.1. The van der Waals surface area contributed by atoms with Crippen LogP contribution < -0.4 is 15.8 Å². The van der Waals surface area contributed by atoms with Gasteiger partial charge in [-0.25, -0.2) is 5.10 Å². The Hall–Kier alpha value is -3.22. The zero-order chi connectivity index (χ0) is 17.2. The number of anilines is 1. The van der Waals surface area contributed by atoms with Gasteiger partial charge in [-0.05, 0) is 36.8 Å². The number of nitrogens with one attached hydrogen (secondary N) is 2. The summed E-state index contributed by atoms with van der Waals surface area (Å²) < 4.78 is 0. The maximum atomic E-state index is 12.5. The second kappa shape index (κ2) is 6.35. The Balaban J connectivity index is 1.47. The molecule has 3 aromatic rings. The summed E-state index contributed by atoms with van der Waals surface area (Å²) >= 11 is 0. The monoisotopic (exact) mass is 335 g/mol. The minimum absolute atomic E-state index is 0.0840. The van der Waals surface area contributed by atoms with Gasteiger partial charge in [0.2, 0.25) is 0 Å². The van der Waals surface area contributed by atoms with Gasteiger partial charge in [-0.3, -0.25) is 14.6 Å². The molecule has 3 heterocycles. The van der Waals surface area contributed by atoms with E-state index in [1.54, 1.807) is 30.6 Å². The summed E-state index contributed by atoms with van der Waals surface area (Å²) in [5.41, 5.74) is 1.34. The van der Waals surface area contributed by atoms with Gasteiger partial charge in [0.1, 0.15) is 0 Å². The van der Waals surface area contributed by atoms with Crippen molar-refractivity contribution in [2.45, 2.75) is 12.5 Å². The molecule has 1 fully saturated rings. The Morgan fingerprint density at radius 3 is 3.04 bits per heavy atom. The largest absolute Gasteiger partial charge is 0.368 e. The van der Waals surface area contributed by atoms with E-state index in [-0.39, 0.29) is 17.5 Å². The molecule has 0 radical (unpaired) electrons. The van der Waals surface area contributed by atoms with Gasteiger partial charge in [-0.2, -0.15) is 5.10 Å². The topological polar surface area (TPSA) is 91.0 Å². The van der Waals surface area contributed by atoms with Crippen LogP contribution in [-0.4, -0.2) is 40.2 Å². The number of nitrogens with zero attached hydrogens (tertiary/aromatic N) is 3. The Morgan fingerprint density at radius 1 is 1.28 bits per heavy atom. The maximum Gasteiger partial charge on any atom is 0.272 e. The summed E-state index contributed by atoms with van der Waals surface area (Å²) in [7, 11) is 0. The Morgan fingerprint density at radius 2 is 2.20 bits per heavy atom. The van der Waals surface area contributed by atoms with Crippen LogP contribution in [0.3, 0.4) is 0 Å². The number of fused-ring (bicyclic) bond motifs is 1. The first kappa shape index (κ1) is 15.3. The molecule has 2 N–H and O–H groups in total. The SMILES string of the molecule is O=C(NC1CCN(c2cccnc2)C1)c1ccc2c(=O)[nH]ncc2c1. The summed E-state index contributed by atoms with van der Waals surface area (Å²) in [6, 6.07) is 9.03. The van der Waals surface area contributed by atoms with Crippen molar-refractivity contribution < 1.29 is 4.79 Å². The number of H-pyrrole nitrogens is 1. The van der Waals surface area contributed by atoms with Crippen LogP contribution in [0.15, 0.2) is 53.7 Å². The highest BCUT2D eigenvalue weighted by Crippen LogP contribution is 2.19. The molecule has 25 heavy (non-hydrogen) atoms. The highest BCUT2D eigenvalue weighted by Gasteiger charge is 2.24.